The maximum Gasteiger partial charge on any atom is 0.251 e. The summed E-state index contributed by atoms with van der Waals surface area (Å²) in [7, 11) is 1.62. The van der Waals surface area contributed by atoms with Crippen molar-refractivity contribution >= 4 is 29.1 Å². The summed E-state index contributed by atoms with van der Waals surface area (Å²) >= 11 is 12.1. The van der Waals surface area contributed by atoms with Gasteiger partial charge in [0, 0.05) is 22.7 Å². The highest BCUT2D eigenvalue weighted by Gasteiger charge is 2.14. The second kappa shape index (κ2) is 7.63. The number of benzene rings is 2. The van der Waals surface area contributed by atoms with E-state index in [1.54, 1.807) is 25.3 Å². The molecule has 2 aromatic carbocycles. The molecule has 0 fully saturated rings. The summed E-state index contributed by atoms with van der Waals surface area (Å²) in [5.74, 6) is -0.156. The molecule has 0 bridgehead atoms. The molecule has 22 heavy (non-hydrogen) atoms. The fourth-order valence-electron chi connectivity index (χ4n) is 2.18. The summed E-state index contributed by atoms with van der Waals surface area (Å²) in [6.45, 7) is 2.35. The van der Waals surface area contributed by atoms with Crippen LogP contribution >= 0.6 is 23.2 Å². The van der Waals surface area contributed by atoms with Gasteiger partial charge in [-0.2, -0.15) is 0 Å². The van der Waals surface area contributed by atoms with Crippen LogP contribution < -0.4 is 5.32 Å². The van der Waals surface area contributed by atoms with Crippen molar-refractivity contribution in [1.82, 2.24) is 5.32 Å². The van der Waals surface area contributed by atoms with Crippen LogP contribution in [0, 0.1) is 0 Å². The molecule has 0 aliphatic rings. The summed E-state index contributed by atoms with van der Waals surface area (Å²) < 4.78 is 5.08. The maximum absolute atomic E-state index is 12.3. The molecule has 0 heterocycles. The molecule has 0 aliphatic heterocycles. The first-order valence-electron chi connectivity index (χ1n) is 6.85. The van der Waals surface area contributed by atoms with Crippen molar-refractivity contribution in [2.24, 2.45) is 0 Å². The first kappa shape index (κ1) is 16.8. The van der Waals surface area contributed by atoms with E-state index in [-0.39, 0.29) is 11.9 Å². The highest BCUT2D eigenvalue weighted by Crippen LogP contribution is 2.26. The fourth-order valence-corrected chi connectivity index (χ4v) is 2.75. The van der Waals surface area contributed by atoms with Gasteiger partial charge in [0.05, 0.1) is 12.6 Å². The quantitative estimate of drug-likeness (QED) is 0.863. The zero-order chi connectivity index (χ0) is 16.1. The minimum atomic E-state index is -0.219. The van der Waals surface area contributed by atoms with E-state index in [1.165, 1.54) is 0 Å². The summed E-state index contributed by atoms with van der Waals surface area (Å²) in [5, 5.41) is 4.04. The number of hydrogen-bond donors (Lipinski definition) is 1. The Morgan fingerprint density at radius 3 is 2.68 bits per heavy atom. The Balaban J connectivity index is 2.12. The summed E-state index contributed by atoms with van der Waals surface area (Å²) in [5.41, 5.74) is 2.37. The number of rotatable bonds is 5. The van der Waals surface area contributed by atoms with Crippen LogP contribution in [0.15, 0.2) is 42.5 Å². The molecule has 0 aliphatic carbocycles. The van der Waals surface area contributed by atoms with Gasteiger partial charge in [0.1, 0.15) is 0 Å². The van der Waals surface area contributed by atoms with E-state index in [0.717, 1.165) is 11.1 Å². The Hall–Kier alpha value is -1.55. The zero-order valence-electron chi connectivity index (χ0n) is 12.4. The molecule has 0 radical (unpaired) electrons. The van der Waals surface area contributed by atoms with Crippen LogP contribution in [-0.2, 0) is 11.3 Å². The lowest BCUT2D eigenvalue weighted by Gasteiger charge is -2.16. The number of hydrogen-bond acceptors (Lipinski definition) is 2. The van der Waals surface area contributed by atoms with Gasteiger partial charge in [0.25, 0.3) is 5.91 Å². The molecule has 0 aromatic heterocycles. The van der Waals surface area contributed by atoms with Crippen LogP contribution in [0.1, 0.15) is 34.5 Å². The molecule has 0 spiro atoms. The van der Waals surface area contributed by atoms with Crippen LogP contribution in [0.3, 0.4) is 0 Å². The molecule has 116 valence electrons. The molecular weight excluding hydrogens is 321 g/mol. The van der Waals surface area contributed by atoms with Crippen molar-refractivity contribution < 1.29 is 9.53 Å². The Morgan fingerprint density at radius 1 is 1.23 bits per heavy atom. The van der Waals surface area contributed by atoms with Crippen molar-refractivity contribution in [2.75, 3.05) is 7.11 Å². The highest BCUT2D eigenvalue weighted by molar-refractivity contribution is 6.35. The molecule has 3 nitrogen and oxygen atoms in total. The third-order valence-corrected chi connectivity index (χ3v) is 3.84. The molecule has 1 atom stereocenters. The maximum atomic E-state index is 12.3. The van der Waals surface area contributed by atoms with Gasteiger partial charge in [-0.25, -0.2) is 0 Å². The van der Waals surface area contributed by atoms with Gasteiger partial charge in [-0.1, -0.05) is 41.4 Å². The smallest absolute Gasteiger partial charge is 0.251 e. The minimum absolute atomic E-state index is 0.156. The number of amides is 1. The van der Waals surface area contributed by atoms with Crippen LogP contribution in [0.2, 0.25) is 10.0 Å². The van der Waals surface area contributed by atoms with Gasteiger partial charge in [0.2, 0.25) is 0 Å². The van der Waals surface area contributed by atoms with E-state index in [2.05, 4.69) is 5.32 Å². The Labute approximate surface area is 140 Å². The van der Waals surface area contributed by atoms with Gasteiger partial charge in [0.15, 0.2) is 0 Å². The summed E-state index contributed by atoms with van der Waals surface area (Å²) in [6.07, 6.45) is 0. The first-order chi connectivity index (χ1) is 10.5. The second-order valence-corrected chi connectivity index (χ2v) is 5.84. The van der Waals surface area contributed by atoms with Crippen LogP contribution in [-0.4, -0.2) is 13.0 Å². The number of nitrogens with one attached hydrogen (secondary N) is 1. The lowest BCUT2D eigenvalue weighted by Crippen LogP contribution is -2.26. The SMILES string of the molecule is COCc1cccc(C(=O)NC(C)c2ccc(Cl)cc2Cl)c1. The monoisotopic (exact) mass is 337 g/mol. The molecule has 0 saturated carbocycles. The number of carbonyl (C=O) groups excluding carboxylic acids is 1. The third-order valence-electron chi connectivity index (χ3n) is 3.28. The lowest BCUT2D eigenvalue weighted by molar-refractivity contribution is 0.0939. The van der Waals surface area contributed by atoms with Crippen LogP contribution in [0.5, 0.6) is 0 Å². The molecule has 1 amide bonds. The fraction of sp³-hybridized carbons (Fsp3) is 0.235. The molecule has 2 rings (SSSR count). The average Bonchev–Trinajstić information content (AvgIpc) is 2.47. The van der Waals surface area contributed by atoms with Gasteiger partial charge >= 0.3 is 0 Å². The molecule has 1 N–H and O–H groups in total. The topological polar surface area (TPSA) is 38.3 Å². The standard InChI is InChI=1S/C17H17Cl2NO2/c1-11(15-7-6-14(18)9-16(15)19)20-17(21)13-5-3-4-12(8-13)10-22-2/h3-9,11H,10H2,1-2H3,(H,20,21). The normalized spacial score (nSPS) is 12.0. The number of halogens is 2. The van der Waals surface area contributed by atoms with Crippen molar-refractivity contribution in [1.29, 1.82) is 0 Å². The zero-order valence-corrected chi connectivity index (χ0v) is 13.9. The Bertz CT molecular complexity index is 673. The minimum Gasteiger partial charge on any atom is -0.380 e. The van der Waals surface area contributed by atoms with Gasteiger partial charge in [-0.15, -0.1) is 0 Å². The largest absolute Gasteiger partial charge is 0.380 e. The van der Waals surface area contributed by atoms with Gasteiger partial charge in [-0.3, -0.25) is 4.79 Å². The second-order valence-electron chi connectivity index (χ2n) is 4.99. The van der Waals surface area contributed by atoms with E-state index in [9.17, 15) is 4.79 Å². The van der Waals surface area contributed by atoms with E-state index in [1.807, 2.05) is 31.2 Å². The summed E-state index contributed by atoms with van der Waals surface area (Å²) in [4.78, 5) is 12.3. The van der Waals surface area contributed by atoms with Crippen molar-refractivity contribution in [3.63, 3.8) is 0 Å². The Morgan fingerprint density at radius 2 is 2.00 bits per heavy atom. The predicted octanol–water partition coefficient (Wildman–Crippen LogP) is 4.63. The van der Waals surface area contributed by atoms with Crippen molar-refractivity contribution in [3.05, 3.63) is 69.2 Å². The van der Waals surface area contributed by atoms with Gasteiger partial charge < -0.3 is 10.1 Å². The third kappa shape index (κ3) is 4.23. The first-order valence-corrected chi connectivity index (χ1v) is 7.60. The van der Waals surface area contributed by atoms with Gasteiger partial charge in [-0.05, 0) is 42.3 Å². The van der Waals surface area contributed by atoms with E-state index < -0.39 is 0 Å². The molecule has 1 unspecified atom stereocenters. The van der Waals surface area contributed by atoms with Crippen molar-refractivity contribution in [2.45, 2.75) is 19.6 Å². The van der Waals surface area contributed by atoms with E-state index in [0.29, 0.717) is 22.2 Å². The number of ether oxygens (including phenoxy) is 1. The lowest BCUT2D eigenvalue weighted by atomic mass is 10.1. The summed E-state index contributed by atoms with van der Waals surface area (Å²) in [6, 6.07) is 12.4. The number of carbonyl (C=O) groups is 1. The van der Waals surface area contributed by atoms with Crippen molar-refractivity contribution in [3.8, 4) is 0 Å². The Kier molecular flexibility index (Phi) is 5.83. The molecule has 0 saturated heterocycles. The number of methoxy groups -OCH3 is 1. The highest BCUT2D eigenvalue weighted by atomic mass is 35.5. The van der Waals surface area contributed by atoms with Crippen LogP contribution in [0.25, 0.3) is 0 Å². The predicted molar refractivity (Wildman–Crippen MR) is 89.5 cm³/mol. The molecule has 2 aromatic rings. The van der Waals surface area contributed by atoms with E-state index in [4.69, 9.17) is 27.9 Å². The average molecular weight is 338 g/mol. The molecular formula is C17H17Cl2NO2. The van der Waals surface area contributed by atoms with Crippen LogP contribution in [0.4, 0.5) is 0 Å². The molecule has 5 heteroatoms. The van der Waals surface area contributed by atoms with E-state index >= 15 is 0 Å².